The molecule has 1 aliphatic rings. The van der Waals surface area contributed by atoms with Gasteiger partial charge in [0.1, 0.15) is 23.4 Å². The Morgan fingerprint density at radius 2 is 1.77 bits per heavy atom. The minimum atomic E-state index is -4.63. The number of aryl methyl sites for hydroxylation is 1. The molecular formula is C28H28F3N7O2. The third kappa shape index (κ3) is 5.76. The number of carbonyl (C=O) groups excluding carboxylic acids is 1. The van der Waals surface area contributed by atoms with E-state index >= 15 is 0 Å². The number of hydrogen-bond donors (Lipinski definition) is 2. The lowest BCUT2D eigenvalue weighted by molar-refractivity contribution is -0.138. The van der Waals surface area contributed by atoms with Crippen LogP contribution in [0.2, 0.25) is 0 Å². The van der Waals surface area contributed by atoms with E-state index in [4.69, 9.17) is 9.72 Å². The number of hydrogen-bond acceptors (Lipinski definition) is 8. The van der Waals surface area contributed by atoms with E-state index in [-0.39, 0.29) is 17.0 Å². The second kappa shape index (κ2) is 11.0. The Bertz CT molecular complexity index is 1550. The summed E-state index contributed by atoms with van der Waals surface area (Å²) in [6, 6.07) is 12.2. The highest BCUT2D eigenvalue weighted by atomic mass is 19.4. The Hall–Kier alpha value is -4.45. The van der Waals surface area contributed by atoms with Crippen molar-refractivity contribution in [3.8, 4) is 5.75 Å². The average molecular weight is 552 g/mol. The summed E-state index contributed by atoms with van der Waals surface area (Å²) in [7, 11) is 3.25. The highest BCUT2D eigenvalue weighted by Crippen LogP contribution is 2.38. The molecule has 0 aliphatic carbocycles. The predicted molar refractivity (Wildman–Crippen MR) is 147 cm³/mol. The topological polar surface area (TPSA) is 95.5 Å². The summed E-state index contributed by atoms with van der Waals surface area (Å²) < 4.78 is 45.1. The van der Waals surface area contributed by atoms with Crippen LogP contribution < -0.4 is 20.3 Å². The SMILES string of the molecule is COc1ccc(NC(=O)c2ccc(C)c(Nc3ncnc4ccc(N5CCN(C)CC5)nc34)c2)cc1C(F)(F)F. The number of aromatic nitrogens is 3. The van der Waals surface area contributed by atoms with Crippen molar-refractivity contribution in [2.45, 2.75) is 13.1 Å². The van der Waals surface area contributed by atoms with Gasteiger partial charge < -0.3 is 25.2 Å². The van der Waals surface area contributed by atoms with Gasteiger partial charge in [0.05, 0.1) is 18.2 Å². The molecule has 0 radical (unpaired) electrons. The van der Waals surface area contributed by atoms with Gasteiger partial charge in [-0.25, -0.2) is 15.0 Å². The fourth-order valence-electron chi connectivity index (χ4n) is 4.47. The van der Waals surface area contributed by atoms with Crippen LogP contribution in [0.4, 0.5) is 36.2 Å². The van der Waals surface area contributed by atoms with Crippen molar-refractivity contribution in [2.75, 3.05) is 55.9 Å². The molecule has 5 rings (SSSR count). The number of piperazine rings is 1. The highest BCUT2D eigenvalue weighted by Gasteiger charge is 2.34. The quantitative estimate of drug-likeness (QED) is 0.342. The maximum absolute atomic E-state index is 13.4. The number of benzene rings is 2. The summed E-state index contributed by atoms with van der Waals surface area (Å²) in [6.07, 6.45) is -3.19. The number of anilines is 4. The summed E-state index contributed by atoms with van der Waals surface area (Å²) in [5.74, 6) is 0.422. The molecule has 2 aromatic carbocycles. The van der Waals surface area contributed by atoms with Crippen molar-refractivity contribution in [1.29, 1.82) is 0 Å². The number of alkyl halides is 3. The number of fused-ring (bicyclic) bond motifs is 1. The van der Waals surface area contributed by atoms with Crippen LogP contribution in [0.25, 0.3) is 11.0 Å². The van der Waals surface area contributed by atoms with Crippen molar-refractivity contribution < 1.29 is 22.7 Å². The van der Waals surface area contributed by atoms with Crippen molar-refractivity contribution in [1.82, 2.24) is 19.9 Å². The largest absolute Gasteiger partial charge is 0.496 e. The van der Waals surface area contributed by atoms with E-state index in [2.05, 4.69) is 37.4 Å². The monoisotopic (exact) mass is 551 g/mol. The number of nitrogens with one attached hydrogen (secondary N) is 2. The van der Waals surface area contributed by atoms with E-state index in [1.807, 2.05) is 19.1 Å². The summed E-state index contributed by atoms with van der Waals surface area (Å²) in [5.41, 5.74) is 1.97. The van der Waals surface area contributed by atoms with E-state index < -0.39 is 17.6 Å². The average Bonchev–Trinajstić information content (AvgIpc) is 2.94. The van der Waals surface area contributed by atoms with Gasteiger partial charge >= 0.3 is 6.18 Å². The smallest absolute Gasteiger partial charge is 0.420 e. The zero-order valence-corrected chi connectivity index (χ0v) is 22.2. The molecule has 0 spiro atoms. The summed E-state index contributed by atoms with van der Waals surface area (Å²) >= 11 is 0. The Labute approximate surface area is 229 Å². The number of likely N-dealkylation sites (N-methyl/N-ethyl adjacent to an activating group) is 1. The summed E-state index contributed by atoms with van der Waals surface area (Å²) in [5, 5.41) is 5.81. The first kappa shape index (κ1) is 27.1. The molecule has 0 saturated carbocycles. The minimum absolute atomic E-state index is 0.00404. The molecule has 1 aliphatic heterocycles. The summed E-state index contributed by atoms with van der Waals surface area (Å²) in [6.45, 7) is 5.48. The van der Waals surface area contributed by atoms with Gasteiger partial charge in [0.25, 0.3) is 5.91 Å². The van der Waals surface area contributed by atoms with Crippen LogP contribution >= 0.6 is 0 Å². The predicted octanol–water partition coefficient (Wildman–Crippen LogP) is 5.11. The fourth-order valence-corrected chi connectivity index (χ4v) is 4.47. The van der Waals surface area contributed by atoms with Gasteiger partial charge in [0, 0.05) is 43.1 Å². The maximum atomic E-state index is 13.4. The normalized spacial score (nSPS) is 14.3. The first-order valence-electron chi connectivity index (χ1n) is 12.6. The zero-order chi connectivity index (χ0) is 28.4. The van der Waals surface area contributed by atoms with Crippen molar-refractivity contribution in [3.63, 3.8) is 0 Å². The number of amides is 1. The molecule has 12 heteroatoms. The van der Waals surface area contributed by atoms with Gasteiger partial charge in [0.15, 0.2) is 5.82 Å². The standard InChI is InChI=1S/C28H28F3N7O2/c1-17-4-5-18(27(39)34-19-6-8-23(40-3)20(15-19)28(29,30)31)14-22(17)35-26-25-21(32-16-33-26)7-9-24(36-25)38-12-10-37(2)11-13-38/h4-9,14-16H,10-13H2,1-3H3,(H,34,39)(H,32,33,35). The second-order valence-electron chi connectivity index (χ2n) is 9.57. The molecule has 1 fully saturated rings. The lowest BCUT2D eigenvalue weighted by Crippen LogP contribution is -2.44. The molecule has 1 amide bonds. The molecule has 2 N–H and O–H groups in total. The van der Waals surface area contributed by atoms with Crippen molar-refractivity contribution in [3.05, 3.63) is 71.5 Å². The van der Waals surface area contributed by atoms with E-state index in [0.717, 1.165) is 50.7 Å². The third-order valence-corrected chi connectivity index (χ3v) is 6.81. The van der Waals surface area contributed by atoms with E-state index in [0.29, 0.717) is 22.5 Å². The Kier molecular flexibility index (Phi) is 7.44. The molecule has 1 saturated heterocycles. The fraction of sp³-hybridized carbons (Fsp3) is 0.286. The van der Waals surface area contributed by atoms with E-state index in [9.17, 15) is 18.0 Å². The van der Waals surface area contributed by atoms with Crippen molar-refractivity contribution >= 4 is 40.0 Å². The molecule has 0 bridgehead atoms. The molecule has 3 heterocycles. The number of methoxy groups -OCH3 is 1. The molecule has 9 nitrogen and oxygen atoms in total. The van der Waals surface area contributed by atoms with Crippen LogP contribution in [-0.4, -0.2) is 66.1 Å². The van der Waals surface area contributed by atoms with Crippen LogP contribution in [0.3, 0.4) is 0 Å². The second-order valence-corrected chi connectivity index (χ2v) is 9.57. The molecular weight excluding hydrogens is 523 g/mol. The Balaban J connectivity index is 1.40. The van der Waals surface area contributed by atoms with Gasteiger partial charge in [-0.15, -0.1) is 0 Å². The Morgan fingerprint density at radius 1 is 1.00 bits per heavy atom. The maximum Gasteiger partial charge on any atom is 0.420 e. The number of rotatable bonds is 6. The molecule has 0 atom stereocenters. The summed E-state index contributed by atoms with van der Waals surface area (Å²) in [4.78, 5) is 31.1. The van der Waals surface area contributed by atoms with Crippen LogP contribution in [0.15, 0.2) is 54.9 Å². The Morgan fingerprint density at radius 3 is 2.50 bits per heavy atom. The zero-order valence-electron chi connectivity index (χ0n) is 22.2. The number of halogens is 3. The van der Waals surface area contributed by atoms with Gasteiger partial charge in [-0.2, -0.15) is 13.2 Å². The van der Waals surface area contributed by atoms with Gasteiger partial charge in [-0.1, -0.05) is 6.07 Å². The number of pyridine rings is 1. The highest BCUT2D eigenvalue weighted by molar-refractivity contribution is 6.05. The molecule has 2 aromatic heterocycles. The number of ether oxygens (including phenoxy) is 1. The van der Waals surface area contributed by atoms with Crippen LogP contribution in [0, 0.1) is 6.92 Å². The van der Waals surface area contributed by atoms with E-state index in [1.165, 1.54) is 18.5 Å². The minimum Gasteiger partial charge on any atom is -0.496 e. The van der Waals surface area contributed by atoms with Crippen LogP contribution in [-0.2, 0) is 6.18 Å². The van der Waals surface area contributed by atoms with Gasteiger partial charge in [0.2, 0.25) is 0 Å². The van der Waals surface area contributed by atoms with Crippen LogP contribution in [0.1, 0.15) is 21.5 Å². The lowest BCUT2D eigenvalue weighted by atomic mass is 10.1. The molecule has 0 unspecified atom stereocenters. The molecule has 208 valence electrons. The number of nitrogens with zero attached hydrogens (tertiary/aromatic N) is 5. The van der Waals surface area contributed by atoms with E-state index in [1.54, 1.807) is 18.2 Å². The first-order chi connectivity index (χ1) is 19.1. The lowest BCUT2D eigenvalue weighted by Gasteiger charge is -2.33. The van der Waals surface area contributed by atoms with Gasteiger partial charge in [-0.05, 0) is 62.0 Å². The third-order valence-electron chi connectivity index (χ3n) is 6.81. The first-order valence-corrected chi connectivity index (χ1v) is 12.6. The molecule has 40 heavy (non-hydrogen) atoms. The molecule has 4 aromatic rings. The number of carbonyl (C=O) groups is 1. The van der Waals surface area contributed by atoms with Crippen LogP contribution in [0.5, 0.6) is 5.75 Å². The van der Waals surface area contributed by atoms with Gasteiger partial charge in [-0.3, -0.25) is 4.79 Å². The van der Waals surface area contributed by atoms with Crippen molar-refractivity contribution in [2.24, 2.45) is 0 Å².